The molecule has 6 nitrogen and oxygen atoms in total. The summed E-state index contributed by atoms with van der Waals surface area (Å²) in [4.78, 5) is 38.3. The Labute approximate surface area is 498 Å². The van der Waals surface area contributed by atoms with Gasteiger partial charge in [-0.3, -0.25) is 14.4 Å². The van der Waals surface area contributed by atoms with Gasteiger partial charge in [-0.25, -0.2) is 0 Å². The minimum absolute atomic E-state index is 0.0729. The molecular weight excluding hydrogens is 985 g/mol. The maximum atomic E-state index is 12.9. The van der Waals surface area contributed by atoms with Crippen molar-refractivity contribution in [2.75, 3.05) is 13.2 Å². The van der Waals surface area contributed by atoms with Crippen LogP contribution in [0.2, 0.25) is 0 Å². The first kappa shape index (κ1) is 77.4. The number of hydrogen-bond donors (Lipinski definition) is 0. The van der Waals surface area contributed by atoms with Gasteiger partial charge in [-0.05, 0) is 96.3 Å². The summed E-state index contributed by atoms with van der Waals surface area (Å²) in [6, 6.07) is 0. The highest BCUT2D eigenvalue weighted by atomic mass is 16.6. The third-order valence-corrected chi connectivity index (χ3v) is 16.0. The zero-order valence-corrected chi connectivity index (χ0v) is 53.9. The minimum atomic E-state index is -0.777. The molecule has 0 aliphatic rings. The average molecular weight is 1120 g/mol. The maximum absolute atomic E-state index is 12.9. The molecule has 0 radical (unpaired) electrons. The smallest absolute Gasteiger partial charge is 0.306 e. The molecular formula is C74H136O6. The standard InChI is InChI=1S/C74H136O6/c1-4-7-10-13-16-19-22-24-26-28-30-32-34-35-36-37-38-39-41-42-44-46-48-50-52-55-58-61-64-67-73(76)79-70-71(69-78-72(75)66-63-60-57-54-21-18-15-12-9-6-3)80-74(77)68-65-62-59-56-53-51-49-47-45-43-40-33-31-29-27-25-23-20-17-14-11-8-5-2/h12,15,23,25,28-31,71H,4-11,13-14,16-22,24,26-27,32-70H2,1-3H3/b15-12-,25-23-,30-28-,31-29-. The zero-order chi connectivity index (χ0) is 57.8. The van der Waals surface area contributed by atoms with Crippen molar-refractivity contribution >= 4 is 17.9 Å². The number of allylic oxidation sites excluding steroid dienone is 8. The largest absolute Gasteiger partial charge is 0.462 e. The van der Waals surface area contributed by atoms with Crippen molar-refractivity contribution in [1.82, 2.24) is 0 Å². The molecule has 0 bridgehead atoms. The topological polar surface area (TPSA) is 78.9 Å². The van der Waals surface area contributed by atoms with Gasteiger partial charge >= 0.3 is 17.9 Å². The minimum Gasteiger partial charge on any atom is -0.462 e. The van der Waals surface area contributed by atoms with E-state index >= 15 is 0 Å². The second kappa shape index (κ2) is 68.9. The van der Waals surface area contributed by atoms with Crippen molar-refractivity contribution in [2.45, 2.75) is 393 Å². The SMILES string of the molecule is CCC/C=C\CCCCCCCC(=O)OCC(COC(=O)CCCCCCCCCCCCCCCCCCC/C=C\CCCCCCCCCC)OC(=O)CCCCCCCCCCCCC/C=C\C/C=C\CCCCCCC. The highest BCUT2D eigenvalue weighted by Gasteiger charge is 2.19. The van der Waals surface area contributed by atoms with E-state index in [-0.39, 0.29) is 31.1 Å². The summed E-state index contributed by atoms with van der Waals surface area (Å²) < 4.78 is 16.9. The van der Waals surface area contributed by atoms with E-state index < -0.39 is 6.10 Å². The Morgan fingerprint density at radius 1 is 0.250 bits per heavy atom. The van der Waals surface area contributed by atoms with Crippen LogP contribution in [0.5, 0.6) is 0 Å². The third kappa shape index (κ3) is 66.2. The lowest BCUT2D eigenvalue weighted by atomic mass is 10.0. The Balaban J connectivity index is 4.13. The summed E-state index contributed by atoms with van der Waals surface area (Å²) in [6.45, 7) is 6.62. The van der Waals surface area contributed by atoms with E-state index in [9.17, 15) is 14.4 Å². The molecule has 0 aromatic heterocycles. The molecule has 1 unspecified atom stereocenters. The number of unbranched alkanes of at least 4 members (excludes halogenated alkanes) is 47. The Morgan fingerprint density at radius 2 is 0.475 bits per heavy atom. The number of rotatable bonds is 66. The number of carbonyl (C=O) groups is 3. The predicted molar refractivity (Wildman–Crippen MR) is 349 cm³/mol. The van der Waals surface area contributed by atoms with Crippen LogP contribution in [-0.4, -0.2) is 37.2 Å². The fourth-order valence-electron chi connectivity index (χ4n) is 10.7. The van der Waals surface area contributed by atoms with E-state index in [1.54, 1.807) is 0 Å². The maximum Gasteiger partial charge on any atom is 0.306 e. The predicted octanol–water partition coefficient (Wildman–Crippen LogP) is 24.5. The zero-order valence-electron chi connectivity index (χ0n) is 53.9. The quantitative estimate of drug-likeness (QED) is 0.0261. The number of esters is 3. The van der Waals surface area contributed by atoms with E-state index in [0.717, 1.165) is 77.0 Å². The first-order valence-corrected chi connectivity index (χ1v) is 35.6. The molecule has 1 atom stereocenters. The Kier molecular flexibility index (Phi) is 66.6. The van der Waals surface area contributed by atoms with Crippen molar-refractivity contribution in [3.63, 3.8) is 0 Å². The molecule has 6 heteroatoms. The van der Waals surface area contributed by atoms with Crippen LogP contribution in [-0.2, 0) is 28.6 Å². The molecule has 0 spiro atoms. The normalized spacial score (nSPS) is 12.3. The van der Waals surface area contributed by atoms with Crippen molar-refractivity contribution in [3.8, 4) is 0 Å². The van der Waals surface area contributed by atoms with Crippen molar-refractivity contribution in [3.05, 3.63) is 48.6 Å². The summed E-state index contributed by atoms with van der Waals surface area (Å²) in [5.41, 5.74) is 0. The third-order valence-electron chi connectivity index (χ3n) is 16.0. The molecule has 468 valence electrons. The molecule has 0 aromatic carbocycles. The van der Waals surface area contributed by atoms with Gasteiger partial charge in [0, 0.05) is 19.3 Å². The van der Waals surface area contributed by atoms with Crippen molar-refractivity contribution in [2.24, 2.45) is 0 Å². The second-order valence-electron chi connectivity index (χ2n) is 24.1. The van der Waals surface area contributed by atoms with Gasteiger partial charge in [0.15, 0.2) is 6.10 Å². The molecule has 0 rings (SSSR count). The summed E-state index contributed by atoms with van der Waals surface area (Å²) in [5.74, 6) is -0.863. The molecule has 0 aliphatic heterocycles. The van der Waals surface area contributed by atoms with Gasteiger partial charge in [0.25, 0.3) is 0 Å². The van der Waals surface area contributed by atoms with Crippen LogP contribution in [0.3, 0.4) is 0 Å². The van der Waals surface area contributed by atoms with Gasteiger partial charge in [0.1, 0.15) is 13.2 Å². The summed E-state index contributed by atoms with van der Waals surface area (Å²) in [6.07, 6.45) is 87.3. The molecule has 0 saturated carbocycles. The number of ether oxygens (including phenoxy) is 3. The summed E-state index contributed by atoms with van der Waals surface area (Å²) in [7, 11) is 0. The molecule has 80 heavy (non-hydrogen) atoms. The van der Waals surface area contributed by atoms with Gasteiger partial charge in [-0.15, -0.1) is 0 Å². The highest BCUT2D eigenvalue weighted by Crippen LogP contribution is 2.18. The van der Waals surface area contributed by atoms with Crippen molar-refractivity contribution in [1.29, 1.82) is 0 Å². The van der Waals surface area contributed by atoms with Gasteiger partial charge in [0.05, 0.1) is 0 Å². The molecule has 0 aromatic rings. The first-order valence-electron chi connectivity index (χ1n) is 35.6. The van der Waals surface area contributed by atoms with Crippen LogP contribution in [0.25, 0.3) is 0 Å². The average Bonchev–Trinajstić information content (AvgIpc) is 3.46. The molecule has 0 saturated heterocycles. The Hall–Kier alpha value is -2.63. The lowest BCUT2D eigenvalue weighted by molar-refractivity contribution is -0.167. The molecule has 0 fully saturated rings. The fraction of sp³-hybridized carbons (Fsp3) is 0.851. The van der Waals surface area contributed by atoms with E-state index in [4.69, 9.17) is 14.2 Å². The molecule has 0 aliphatic carbocycles. The monoisotopic (exact) mass is 1120 g/mol. The van der Waals surface area contributed by atoms with Crippen LogP contribution in [0.4, 0.5) is 0 Å². The molecule has 0 N–H and O–H groups in total. The Morgan fingerprint density at radius 3 is 0.750 bits per heavy atom. The second-order valence-corrected chi connectivity index (χ2v) is 24.1. The molecule has 0 amide bonds. The van der Waals surface area contributed by atoms with E-state index in [1.165, 1.54) is 270 Å². The summed E-state index contributed by atoms with van der Waals surface area (Å²) in [5, 5.41) is 0. The van der Waals surface area contributed by atoms with E-state index in [1.807, 2.05) is 0 Å². The van der Waals surface area contributed by atoms with Crippen molar-refractivity contribution < 1.29 is 28.6 Å². The fourth-order valence-corrected chi connectivity index (χ4v) is 10.7. The summed E-state index contributed by atoms with van der Waals surface area (Å²) >= 11 is 0. The van der Waals surface area contributed by atoms with Crippen LogP contribution in [0.15, 0.2) is 48.6 Å². The lowest BCUT2D eigenvalue weighted by Gasteiger charge is -2.18. The first-order chi connectivity index (χ1) is 39.5. The number of hydrogen-bond acceptors (Lipinski definition) is 6. The Bertz CT molecular complexity index is 1380. The van der Waals surface area contributed by atoms with Crippen LogP contribution in [0, 0.1) is 0 Å². The van der Waals surface area contributed by atoms with Crippen LogP contribution >= 0.6 is 0 Å². The van der Waals surface area contributed by atoms with E-state index in [0.29, 0.717) is 19.3 Å². The molecule has 0 heterocycles. The number of carbonyl (C=O) groups excluding carboxylic acids is 3. The van der Waals surface area contributed by atoms with Gasteiger partial charge in [-0.1, -0.05) is 320 Å². The lowest BCUT2D eigenvalue weighted by Crippen LogP contribution is -2.30. The van der Waals surface area contributed by atoms with Crippen LogP contribution in [0.1, 0.15) is 387 Å². The van der Waals surface area contributed by atoms with E-state index in [2.05, 4.69) is 69.4 Å². The van der Waals surface area contributed by atoms with Gasteiger partial charge in [0.2, 0.25) is 0 Å². The highest BCUT2D eigenvalue weighted by molar-refractivity contribution is 5.71. The van der Waals surface area contributed by atoms with Crippen LogP contribution < -0.4 is 0 Å². The van der Waals surface area contributed by atoms with Gasteiger partial charge < -0.3 is 14.2 Å². The van der Waals surface area contributed by atoms with Gasteiger partial charge in [-0.2, -0.15) is 0 Å².